The Morgan fingerprint density at radius 2 is 1.31 bits per heavy atom. The van der Waals surface area contributed by atoms with E-state index in [0.29, 0.717) is 26.1 Å². The molecule has 0 saturated carbocycles. The summed E-state index contributed by atoms with van der Waals surface area (Å²) in [5, 5.41) is 5.92. The van der Waals surface area contributed by atoms with Crippen molar-refractivity contribution in [3.8, 4) is 0 Å². The molecule has 2 N–H and O–H groups in total. The van der Waals surface area contributed by atoms with Gasteiger partial charge in [0.2, 0.25) is 5.91 Å². The lowest BCUT2D eigenvalue weighted by Crippen LogP contribution is -2.53. The van der Waals surface area contributed by atoms with Gasteiger partial charge in [-0.1, -0.05) is 74.5 Å². The molecule has 11 nitrogen and oxygen atoms in total. The van der Waals surface area contributed by atoms with E-state index in [-0.39, 0.29) is 36.5 Å². The molecule has 2 fully saturated rings. The average Bonchev–Trinajstić information content (AvgIpc) is 3.50. The summed E-state index contributed by atoms with van der Waals surface area (Å²) >= 11 is 0. The largest absolute Gasteiger partial charge is 0.445 e. The fourth-order valence-corrected chi connectivity index (χ4v) is 6.81. The predicted molar refractivity (Wildman–Crippen MR) is 198 cm³/mol. The minimum Gasteiger partial charge on any atom is -0.445 e. The fraction of sp³-hybridized carbons (Fsp3) is 0.600. The van der Waals surface area contributed by atoms with Crippen LogP contribution < -0.4 is 10.6 Å². The van der Waals surface area contributed by atoms with Crippen LogP contribution in [0, 0.1) is 11.8 Å². The third-order valence-electron chi connectivity index (χ3n) is 9.40. The van der Waals surface area contributed by atoms with Crippen molar-refractivity contribution in [2.75, 3.05) is 19.6 Å². The molecule has 0 aromatic heterocycles. The lowest BCUT2D eigenvalue weighted by atomic mass is 9.87. The Balaban J connectivity index is 0.000000276. The zero-order chi connectivity index (χ0) is 38.2. The van der Waals surface area contributed by atoms with Crippen LogP contribution in [0.2, 0.25) is 0 Å². The summed E-state index contributed by atoms with van der Waals surface area (Å²) < 4.78 is 16.2. The molecule has 2 aromatic carbocycles. The van der Waals surface area contributed by atoms with Gasteiger partial charge in [0.15, 0.2) is 0 Å². The van der Waals surface area contributed by atoms with Gasteiger partial charge in [-0.15, -0.1) is 0 Å². The molecule has 4 amide bonds. The first-order valence-electron chi connectivity index (χ1n) is 18.0. The number of ether oxygens (including phenoxy) is 3. The van der Waals surface area contributed by atoms with Crippen LogP contribution in [-0.2, 0) is 25.6 Å². The molecule has 51 heavy (non-hydrogen) atoms. The molecular weight excluding hydrogens is 648 g/mol. The maximum absolute atomic E-state index is 13.0. The lowest BCUT2D eigenvalue weighted by molar-refractivity contribution is -0.133. The SMILES string of the molecule is CCC1C(=O)N([C@H](C)c2ccccc2)CC1(C)NC(=O)OC(C)(C)C.CCC1CN(C(=O)OCc2ccccc2)CC1(C)NC(=O)OC(C)(C)C. The van der Waals surface area contributed by atoms with Crippen molar-refractivity contribution < 1.29 is 33.4 Å². The van der Waals surface area contributed by atoms with Gasteiger partial charge in [0.05, 0.1) is 23.0 Å². The normalized spacial score (nSPS) is 23.9. The minimum absolute atomic E-state index is 0.0370. The second-order valence-electron chi connectivity index (χ2n) is 16.1. The molecule has 0 radical (unpaired) electrons. The number of likely N-dealkylation sites (tertiary alicyclic amines) is 2. The molecule has 5 atom stereocenters. The number of rotatable bonds is 8. The predicted octanol–water partition coefficient (Wildman–Crippen LogP) is 7.85. The van der Waals surface area contributed by atoms with Crippen molar-refractivity contribution in [3.05, 3.63) is 71.8 Å². The number of carbonyl (C=O) groups is 4. The first kappa shape index (κ1) is 41.1. The van der Waals surface area contributed by atoms with E-state index in [1.165, 1.54) is 0 Å². The van der Waals surface area contributed by atoms with Gasteiger partial charge >= 0.3 is 18.3 Å². The Morgan fingerprint density at radius 3 is 1.80 bits per heavy atom. The summed E-state index contributed by atoms with van der Waals surface area (Å²) in [7, 11) is 0. The molecule has 11 heteroatoms. The summed E-state index contributed by atoms with van der Waals surface area (Å²) in [6.07, 6.45) is 0.216. The molecule has 4 rings (SSSR count). The molecule has 4 unspecified atom stereocenters. The Morgan fingerprint density at radius 1 is 0.804 bits per heavy atom. The van der Waals surface area contributed by atoms with E-state index in [1.54, 1.807) is 4.90 Å². The van der Waals surface area contributed by atoms with Gasteiger partial charge in [-0.05, 0) is 86.3 Å². The molecule has 0 spiro atoms. The van der Waals surface area contributed by atoms with Gasteiger partial charge in [-0.25, -0.2) is 14.4 Å². The van der Waals surface area contributed by atoms with Crippen molar-refractivity contribution in [3.63, 3.8) is 0 Å². The molecule has 282 valence electrons. The minimum atomic E-state index is -0.642. The van der Waals surface area contributed by atoms with Crippen molar-refractivity contribution >= 4 is 24.2 Å². The molecule has 0 aliphatic carbocycles. The number of hydrogen-bond acceptors (Lipinski definition) is 7. The number of nitrogens with zero attached hydrogens (tertiary/aromatic N) is 2. The molecule has 2 saturated heterocycles. The van der Waals surface area contributed by atoms with E-state index in [9.17, 15) is 19.2 Å². The van der Waals surface area contributed by atoms with Gasteiger partial charge in [-0.3, -0.25) is 4.79 Å². The van der Waals surface area contributed by atoms with E-state index in [1.807, 2.05) is 135 Å². The third-order valence-corrected chi connectivity index (χ3v) is 9.40. The Hall–Kier alpha value is -4.28. The average molecular weight is 709 g/mol. The molecule has 2 aliphatic rings. The highest BCUT2D eigenvalue weighted by atomic mass is 16.6. The summed E-state index contributed by atoms with van der Waals surface area (Å²) in [6.45, 7) is 22.6. The summed E-state index contributed by atoms with van der Waals surface area (Å²) in [4.78, 5) is 53.4. The van der Waals surface area contributed by atoms with Gasteiger partial charge in [0, 0.05) is 25.6 Å². The van der Waals surface area contributed by atoms with Gasteiger partial charge in [0.1, 0.15) is 17.8 Å². The highest BCUT2D eigenvalue weighted by molar-refractivity contribution is 5.85. The monoisotopic (exact) mass is 708 g/mol. The quantitative estimate of drug-likeness (QED) is 0.268. The summed E-state index contributed by atoms with van der Waals surface area (Å²) in [5.74, 6) is -0.0390. The van der Waals surface area contributed by atoms with Crippen molar-refractivity contribution in [1.82, 2.24) is 20.4 Å². The molecular formula is C40H60N4O7. The van der Waals surface area contributed by atoms with Gasteiger partial charge in [-0.2, -0.15) is 0 Å². The van der Waals surface area contributed by atoms with E-state index >= 15 is 0 Å². The van der Waals surface area contributed by atoms with E-state index in [2.05, 4.69) is 17.6 Å². The van der Waals surface area contributed by atoms with Crippen LogP contribution in [0.5, 0.6) is 0 Å². The second kappa shape index (κ2) is 16.8. The number of hydrogen-bond donors (Lipinski definition) is 2. The number of amides is 4. The maximum Gasteiger partial charge on any atom is 0.410 e. The lowest BCUT2D eigenvalue weighted by Gasteiger charge is -2.32. The Labute approximate surface area is 304 Å². The van der Waals surface area contributed by atoms with Crippen LogP contribution in [0.4, 0.5) is 14.4 Å². The first-order chi connectivity index (χ1) is 23.7. The van der Waals surface area contributed by atoms with E-state index in [4.69, 9.17) is 14.2 Å². The van der Waals surface area contributed by atoms with Crippen molar-refractivity contribution in [2.45, 2.75) is 124 Å². The number of alkyl carbamates (subject to hydrolysis) is 2. The van der Waals surface area contributed by atoms with Gasteiger partial charge in [0.25, 0.3) is 0 Å². The van der Waals surface area contributed by atoms with Crippen LogP contribution in [0.25, 0.3) is 0 Å². The van der Waals surface area contributed by atoms with Crippen LogP contribution in [0.1, 0.15) is 106 Å². The molecule has 2 aliphatic heterocycles. The topological polar surface area (TPSA) is 127 Å². The highest BCUT2D eigenvalue weighted by Gasteiger charge is 2.51. The Kier molecular flexibility index (Phi) is 13.6. The van der Waals surface area contributed by atoms with Crippen LogP contribution in [0.3, 0.4) is 0 Å². The number of nitrogens with one attached hydrogen (secondary N) is 2. The third kappa shape index (κ3) is 11.6. The zero-order valence-electron chi connectivity index (χ0n) is 32.5. The summed E-state index contributed by atoms with van der Waals surface area (Å²) in [5.41, 5.74) is -0.273. The maximum atomic E-state index is 13.0. The second-order valence-corrected chi connectivity index (χ2v) is 16.1. The number of benzene rings is 2. The van der Waals surface area contributed by atoms with Crippen LogP contribution >= 0.6 is 0 Å². The van der Waals surface area contributed by atoms with Crippen LogP contribution in [0.15, 0.2) is 60.7 Å². The van der Waals surface area contributed by atoms with E-state index in [0.717, 1.165) is 17.5 Å². The van der Waals surface area contributed by atoms with Crippen molar-refractivity contribution in [1.29, 1.82) is 0 Å². The fourth-order valence-electron chi connectivity index (χ4n) is 6.81. The van der Waals surface area contributed by atoms with Crippen LogP contribution in [-0.4, -0.2) is 75.9 Å². The van der Waals surface area contributed by atoms with Gasteiger partial charge < -0.3 is 34.6 Å². The first-order valence-corrected chi connectivity index (χ1v) is 18.0. The standard InChI is InChI=1S/C20H30N2O4.C20H30N2O3/c1-6-16-12-22(18(24)25-13-15-10-8-7-9-11-15)14-20(16,5)21-17(23)26-19(2,3)4;1-7-16-17(23)22(14(2)15-11-9-8-10-12-15)13-20(16,6)21-18(24)25-19(3,4)5/h7-11,16H,6,12-14H2,1-5H3,(H,21,23);8-12,14,16H,7,13H2,1-6H3,(H,21,24)/t;14-,16?,20?/m.1/s1. The zero-order valence-corrected chi connectivity index (χ0v) is 32.5. The van der Waals surface area contributed by atoms with E-state index < -0.39 is 34.5 Å². The molecule has 2 heterocycles. The Bertz CT molecular complexity index is 1470. The van der Waals surface area contributed by atoms with Crippen molar-refractivity contribution in [2.24, 2.45) is 11.8 Å². The highest BCUT2D eigenvalue weighted by Crippen LogP contribution is 2.37. The molecule has 0 bridgehead atoms. The smallest absolute Gasteiger partial charge is 0.410 e. The number of carbonyl (C=O) groups excluding carboxylic acids is 4. The molecule has 2 aromatic rings. The summed E-state index contributed by atoms with van der Waals surface area (Å²) in [6, 6.07) is 19.5.